The van der Waals surface area contributed by atoms with Crippen LogP contribution in [0.25, 0.3) is 0 Å². The number of hydrogen-bond acceptors (Lipinski definition) is 1. The molecule has 1 fully saturated rings. The molecule has 0 radical (unpaired) electrons. The monoisotopic (exact) mass is 260 g/mol. The Bertz CT molecular complexity index is 460. The maximum atomic E-state index is 6.30. The molecule has 4 atom stereocenters. The summed E-state index contributed by atoms with van der Waals surface area (Å²) in [5, 5.41) is 0. The van der Waals surface area contributed by atoms with E-state index < -0.39 is 0 Å². The van der Waals surface area contributed by atoms with Gasteiger partial charge in [-0.05, 0) is 68.9 Å². The molecule has 19 heavy (non-hydrogen) atoms. The van der Waals surface area contributed by atoms with Crippen LogP contribution in [0, 0.1) is 18.8 Å². The lowest BCUT2D eigenvalue weighted by molar-refractivity contribution is 0.202. The van der Waals surface area contributed by atoms with Crippen molar-refractivity contribution in [3.8, 4) is 0 Å². The molecular formula is C17H28N2. The van der Waals surface area contributed by atoms with Crippen molar-refractivity contribution in [2.45, 2.75) is 71.4 Å². The lowest BCUT2D eigenvalue weighted by Crippen LogP contribution is -2.28. The Balaban J connectivity index is 1.96. The third kappa shape index (κ3) is 2.24. The molecule has 2 aliphatic carbocycles. The smallest absolute Gasteiger partial charge is 0.0361 e. The Morgan fingerprint density at radius 2 is 2.00 bits per heavy atom. The van der Waals surface area contributed by atoms with Gasteiger partial charge in [0.25, 0.3) is 0 Å². The van der Waals surface area contributed by atoms with Crippen molar-refractivity contribution in [3.05, 3.63) is 23.0 Å². The molecule has 0 saturated heterocycles. The Kier molecular flexibility index (Phi) is 3.46. The molecule has 2 heteroatoms. The molecule has 1 saturated carbocycles. The second kappa shape index (κ2) is 4.97. The number of aryl methyl sites for hydroxylation is 1. The van der Waals surface area contributed by atoms with Gasteiger partial charge in [-0.15, -0.1) is 0 Å². The third-order valence-electron chi connectivity index (χ3n) is 5.41. The van der Waals surface area contributed by atoms with Gasteiger partial charge >= 0.3 is 0 Å². The van der Waals surface area contributed by atoms with E-state index >= 15 is 0 Å². The molecule has 2 aliphatic rings. The van der Waals surface area contributed by atoms with Crippen LogP contribution in [0.3, 0.4) is 0 Å². The molecule has 1 heterocycles. The van der Waals surface area contributed by atoms with Crippen molar-refractivity contribution in [3.63, 3.8) is 0 Å². The highest BCUT2D eigenvalue weighted by molar-refractivity contribution is 5.33. The maximum Gasteiger partial charge on any atom is 0.0361 e. The minimum Gasteiger partial charge on any atom is -0.345 e. The molecule has 106 valence electrons. The van der Waals surface area contributed by atoms with Crippen LogP contribution in [0.1, 0.15) is 75.0 Å². The number of fused-ring (bicyclic) bond motifs is 1. The summed E-state index contributed by atoms with van der Waals surface area (Å²) in [5.41, 5.74) is 10.7. The SMILES string of the molecule is Cc1cc2c(n1C1CCC(C)CC1C)CCCC2N. The van der Waals surface area contributed by atoms with Gasteiger partial charge in [-0.2, -0.15) is 0 Å². The first-order valence-electron chi connectivity index (χ1n) is 8.04. The van der Waals surface area contributed by atoms with Crippen molar-refractivity contribution < 1.29 is 0 Å². The molecule has 2 nitrogen and oxygen atoms in total. The Morgan fingerprint density at radius 3 is 2.74 bits per heavy atom. The first kappa shape index (κ1) is 13.2. The highest BCUT2D eigenvalue weighted by atomic mass is 15.0. The quantitative estimate of drug-likeness (QED) is 0.808. The second-order valence-corrected chi connectivity index (χ2v) is 7.02. The summed E-state index contributed by atoms with van der Waals surface area (Å²) in [4.78, 5) is 0. The van der Waals surface area contributed by atoms with Crippen LogP contribution < -0.4 is 5.73 Å². The molecule has 2 N–H and O–H groups in total. The summed E-state index contributed by atoms with van der Waals surface area (Å²) >= 11 is 0. The van der Waals surface area contributed by atoms with Crippen LogP contribution in [0.15, 0.2) is 6.07 Å². The molecular weight excluding hydrogens is 232 g/mol. The van der Waals surface area contributed by atoms with Crippen molar-refractivity contribution in [1.29, 1.82) is 0 Å². The minimum atomic E-state index is 0.279. The summed E-state index contributed by atoms with van der Waals surface area (Å²) in [6.45, 7) is 7.12. The number of rotatable bonds is 1. The fraction of sp³-hybridized carbons (Fsp3) is 0.765. The van der Waals surface area contributed by atoms with Crippen molar-refractivity contribution >= 4 is 0 Å². The van der Waals surface area contributed by atoms with Crippen molar-refractivity contribution in [1.82, 2.24) is 4.57 Å². The van der Waals surface area contributed by atoms with Crippen LogP contribution in [0.4, 0.5) is 0 Å². The molecule has 1 aromatic rings. The lowest BCUT2D eigenvalue weighted by atomic mass is 9.79. The van der Waals surface area contributed by atoms with E-state index in [2.05, 4.69) is 31.4 Å². The van der Waals surface area contributed by atoms with Crippen LogP contribution in [0.5, 0.6) is 0 Å². The van der Waals surface area contributed by atoms with Crippen LogP contribution in [0.2, 0.25) is 0 Å². The van der Waals surface area contributed by atoms with Gasteiger partial charge in [-0.3, -0.25) is 0 Å². The highest BCUT2D eigenvalue weighted by Gasteiger charge is 2.31. The van der Waals surface area contributed by atoms with E-state index in [1.807, 2.05) is 0 Å². The van der Waals surface area contributed by atoms with E-state index in [9.17, 15) is 0 Å². The molecule has 1 aromatic heterocycles. The first-order chi connectivity index (χ1) is 9.08. The summed E-state index contributed by atoms with van der Waals surface area (Å²) in [6, 6.07) is 3.36. The van der Waals surface area contributed by atoms with E-state index in [0.717, 1.165) is 18.3 Å². The third-order valence-corrected chi connectivity index (χ3v) is 5.41. The zero-order valence-electron chi connectivity index (χ0n) is 12.7. The highest BCUT2D eigenvalue weighted by Crippen LogP contribution is 2.41. The van der Waals surface area contributed by atoms with E-state index in [1.54, 1.807) is 5.69 Å². The number of hydrogen-bond donors (Lipinski definition) is 1. The molecule has 4 unspecified atom stereocenters. The first-order valence-corrected chi connectivity index (χ1v) is 8.04. The van der Waals surface area contributed by atoms with E-state index in [-0.39, 0.29) is 6.04 Å². The zero-order valence-corrected chi connectivity index (χ0v) is 12.7. The van der Waals surface area contributed by atoms with E-state index in [0.29, 0.717) is 6.04 Å². The summed E-state index contributed by atoms with van der Waals surface area (Å²) in [5.74, 6) is 1.71. The molecule has 0 aliphatic heterocycles. The minimum absolute atomic E-state index is 0.279. The van der Waals surface area contributed by atoms with Gasteiger partial charge in [-0.1, -0.05) is 13.8 Å². The summed E-state index contributed by atoms with van der Waals surface area (Å²) in [7, 11) is 0. The number of aromatic nitrogens is 1. The average molecular weight is 260 g/mol. The van der Waals surface area contributed by atoms with Gasteiger partial charge in [-0.25, -0.2) is 0 Å². The van der Waals surface area contributed by atoms with Crippen molar-refractivity contribution in [2.24, 2.45) is 17.6 Å². The van der Waals surface area contributed by atoms with Crippen LogP contribution in [-0.2, 0) is 6.42 Å². The Labute approximate surface area is 117 Å². The Hall–Kier alpha value is -0.760. The molecule has 0 amide bonds. The Morgan fingerprint density at radius 1 is 1.21 bits per heavy atom. The van der Waals surface area contributed by atoms with Gasteiger partial charge in [0.2, 0.25) is 0 Å². The van der Waals surface area contributed by atoms with E-state index in [1.165, 1.54) is 43.4 Å². The fourth-order valence-electron chi connectivity index (χ4n) is 4.46. The second-order valence-electron chi connectivity index (χ2n) is 7.02. The molecule has 0 spiro atoms. The standard InChI is InChI=1S/C17H28N2/c1-11-7-8-16(12(2)9-11)19-13(3)10-14-15(18)5-4-6-17(14)19/h10-12,15-16H,4-9,18H2,1-3H3. The molecule has 0 aromatic carbocycles. The van der Waals surface area contributed by atoms with E-state index in [4.69, 9.17) is 5.73 Å². The summed E-state index contributed by atoms with van der Waals surface area (Å²) in [6.07, 6.45) is 7.76. The topological polar surface area (TPSA) is 30.9 Å². The largest absolute Gasteiger partial charge is 0.345 e. The number of nitrogens with zero attached hydrogens (tertiary/aromatic N) is 1. The van der Waals surface area contributed by atoms with Crippen LogP contribution in [-0.4, -0.2) is 4.57 Å². The summed E-state index contributed by atoms with van der Waals surface area (Å²) < 4.78 is 2.66. The average Bonchev–Trinajstić information content (AvgIpc) is 2.68. The fourth-order valence-corrected chi connectivity index (χ4v) is 4.46. The predicted octanol–water partition coefficient (Wildman–Crippen LogP) is 4.13. The maximum absolute atomic E-state index is 6.30. The van der Waals surface area contributed by atoms with Gasteiger partial charge in [0.1, 0.15) is 0 Å². The number of nitrogens with two attached hydrogens (primary N) is 1. The van der Waals surface area contributed by atoms with Gasteiger partial charge in [0, 0.05) is 23.5 Å². The molecule has 0 bridgehead atoms. The van der Waals surface area contributed by atoms with Gasteiger partial charge in [0.05, 0.1) is 0 Å². The molecule has 3 rings (SSSR count). The van der Waals surface area contributed by atoms with Crippen LogP contribution >= 0.6 is 0 Å². The van der Waals surface area contributed by atoms with Gasteiger partial charge < -0.3 is 10.3 Å². The van der Waals surface area contributed by atoms with Gasteiger partial charge in [0.15, 0.2) is 0 Å². The van der Waals surface area contributed by atoms with Crippen molar-refractivity contribution in [2.75, 3.05) is 0 Å². The lowest BCUT2D eigenvalue weighted by Gasteiger charge is -2.36. The normalized spacial score (nSPS) is 35.2. The predicted molar refractivity (Wildman–Crippen MR) is 80.3 cm³/mol. The zero-order chi connectivity index (χ0) is 13.6.